The van der Waals surface area contributed by atoms with Crippen molar-refractivity contribution in [1.29, 1.82) is 0 Å². The largest absolute Gasteiger partial charge is 0.384 e. The normalized spacial score (nSPS) is 10.4. The Morgan fingerprint density at radius 2 is 2.11 bits per heavy atom. The first-order valence-corrected chi connectivity index (χ1v) is 6.26. The second-order valence-electron chi connectivity index (χ2n) is 4.37. The Morgan fingerprint density at radius 1 is 1.37 bits per heavy atom. The molecule has 2 rings (SSSR count). The van der Waals surface area contributed by atoms with Crippen molar-refractivity contribution < 1.29 is 4.79 Å². The highest BCUT2D eigenvalue weighted by atomic mass is 16.1. The maximum atomic E-state index is 12.1. The van der Waals surface area contributed by atoms with Gasteiger partial charge in [-0.15, -0.1) is 0 Å². The number of nitrogen functional groups attached to an aromatic ring is 1. The van der Waals surface area contributed by atoms with Gasteiger partial charge in [0.05, 0.1) is 6.20 Å². The number of nitrogens with one attached hydrogen (secondary N) is 1. The molecule has 0 saturated heterocycles. The van der Waals surface area contributed by atoms with Gasteiger partial charge in [0.25, 0.3) is 5.91 Å². The Hall–Kier alpha value is -2.30. The number of carbonyl (C=O) groups is 1. The molecule has 0 aliphatic carbocycles. The molecule has 0 radical (unpaired) electrons. The van der Waals surface area contributed by atoms with Crippen LogP contribution < -0.4 is 11.1 Å². The van der Waals surface area contributed by atoms with Crippen LogP contribution in [0, 0.1) is 0 Å². The molecule has 0 bridgehead atoms. The lowest BCUT2D eigenvalue weighted by Gasteiger charge is -2.08. The molecule has 0 atom stereocenters. The molecule has 5 heteroatoms. The minimum atomic E-state index is -0.0827. The molecule has 0 unspecified atom stereocenters. The molecule has 0 aliphatic rings. The van der Waals surface area contributed by atoms with Gasteiger partial charge in [-0.3, -0.25) is 9.48 Å². The highest BCUT2D eigenvalue weighted by Gasteiger charge is 2.11. The zero-order chi connectivity index (χ0) is 13.8. The van der Waals surface area contributed by atoms with Gasteiger partial charge in [0, 0.05) is 24.7 Å². The van der Waals surface area contributed by atoms with Crippen LogP contribution in [0.25, 0.3) is 0 Å². The van der Waals surface area contributed by atoms with Crippen molar-refractivity contribution in [2.75, 3.05) is 5.73 Å². The standard InChI is InChI=1S/C14H18N4O/c1-3-10-6-4-5-7-12(10)14(19)16-8-11-9-17-18(2)13(11)15/h4-7,9H,3,8,15H2,1-2H3,(H,16,19). The van der Waals surface area contributed by atoms with E-state index in [4.69, 9.17) is 5.73 Å². The lowest BCUT2D eigenvalue weighted by atomic mass is 10.0. The highest BCUT2D eigenvalue weighted by Crippen LogP contribution is 2.11. The van der Waals surface area contributed by atoms with E-state index in [9.17, 15) is 4.79 Å². The molecule has 19 heavy (non-hydrogen) atoms. The monoisotopic (exact) mass is 258 g/mol. The molecule has 1 aromatic heterocycles. The van der Waals surface area contributed by atoms with Crippen LogP contribution in [0.5, 0.6) is 0 Å². The van der Waals surface area contributed by atoms with E-state index in [1.807, 2.05) is 31.2 Å². The van der Waals surface area contributed by atoms with Gasteiger partial charge < -0.3 is 11.1 Å². The average Bonchev–Trinajstić information content (AvgIpc) is 2.76. The Bertz CT molecular complexity index is 589. The number of hydrogen-bond donors (Lipinski definition) is 2. The predicted molar refractivity (Wildman–Crippen MR) is 74.6 cm³/mol. The molecule has 1 heterocycles. The summed E-state index contributed by atoms with van der Waals surface area (Å²) in [4.78, 5) is 12.1. The smallest absolute Gasteiger partial charge is 0.251 e. The molecule has 1 amide bonds. The molecule has 5 nitrogen and oxygen atoms in total. The van der Waals surface area contributed by atoms with E-state index in [2.05, 4.69) is 10.4 Å². The van der Waals surface area contributed by atoms with Crippen molar-refractivity contribution in [3.8, 4) is 0 Å². The molecule has 2 aromatic rings. The molecule has 0 saturated carbocycles. The SMILES string of the molecule is CCc1ccccc1C(=O)NCc1cnn(C)c1N. The van der Waals surface area contributed by atoms with Gasteiger partial charge >= 0.3 is 0 Å². The van der Waals surface area contributed by atoms with Crippen LogP contribution >= 0.6 is 0 Å². The number of aromatic nitrogens is 2. The van der Waals surface area contributed by atoms with Gasteiger partial charge in [-0.2, -0.15) is 5.10 Å². The van der Waals surface area contributed by atoms with Crippen LogP contribution in [0.3, 0.4) is 0 Å². The summed E-state index contributed by atoms with van der Waals surface area (Å²) in [6.07, 6.45) is 2.50. The van der Waals surface area contributed by atoms with E-state index < -0.39 is 0 Å². The van der Waals surface area contributed by atoms with E-state index in [0.717, 1.165) is 17.5 Å². The van der Waals surface area contributed by atoms with Crippen molar-refractivity contribution >= 4 is 11.7 Å². The first-order chi connectivity index (χ1) is 9.13. The van der Waals surface area contributed by atoms with Crippen LogP contribution in [-0.4, -0.2) is 15.7 Å². The second-order valence-corrected chi connectivity index (χ2v) is 4.37. The summed E-state index contributed by atoms with van der Waals surface area (Å²) in [6, 6.07) is 7.61. The van der Waals surface area contributed by atoms with Crippen molar-refractivity contribution in [2.45, 2.75) is 19.9 Å². The Morgan fingerprint density at radius 3 is 2.74 bits per heavy atom. The summed E-state index contributed by atoms with van der Waals surface area (Å²) in [5.74, 6) is 0.491. The zero-order valence-corrected chi connectivity index (χ0v) is 11.2. The summed E-state index contributed by atoms with van der Waals surface area (Å²) >= 11 is 0. The quantitative estimate of drug-likeness (QED) is 0.872. The van der Waals surface area contributed by atoms with Crippen molar-refractivity contribution in [3.05, 3.63) is 47.2 Å². The summed E-state index contributed by atoms with van der Waals surface area (Å²) in [5, 5.41) is 6.91. The Kier molecular flexibility index (Phi) is 3.85. The molecule has 0 aliphatic heterocycles. The lowest BCUT2D eigenvalue weighted by molar-refractivity contribution is 0.0950. The number of anilines is 1. The van der Waals surface area contributed by atoms with Crippen molar-refractivity contribution in [3.63, 3.8) is 0 Å². The first kappa shape index (κ1) is 13.1. The maximum absolute atomic E-state index is 12.1. The van der Waals surface area contributed by atoms with E-state index in [0.29, 0.717) is 17.9 Å². The van der Waals surface area contributed by atoms with Crippen LogP contribution in [-0.2, 0) is 20.0 Å². The van der Waals surface area contributed by atoms with E-state index in [-0.39, 0.29) is 5.91 Å². The third-order valence-corrected chi connectivity index (χ3v) is 3.15. The summed E-state index contributed by atoms with van der Waals surface area (Å²) in [6.45, 7) is 2.42. The summed E-state index contributed by atoms with van der Waals surface area (Å²) in [7, 11) is 1.77. The lowest BCUT2D eigenvalue weighted by Crippen LogP contribution is -2.24. The van der Waals surface area contributed by atoms with Crippen LogP contribution in [0.2, 0.25) is 0 Å². The molecule has 0 spiro atoms. The summed E-state index contributed by atoms with van der Waals surface area (Å²) < 4.78 is 1.58. The van der Waals surface area contributed by atoms with Gasteiger partial charge in [0.15, 0.2) is 0 Å². The van der Waals surface area contributed by atoms with Gasteiger partial charge in [0.1, 0.15) is 5.82 Å². The van der Waals surface area contributed by atoms with E-state index in [1.54, 1.807) is 17.9 Å². The van der Waals surface area contributed by atoms with Crippen molar-refractivity contribution in [1.82, 2.24) is 15.1 Å². The number of benzene rings is 1. The molecular formula is C14H18N4O. The fourth-order valence-corrected chi connectivity index (χ4v) is 1.95. The van der Waals surface area contributed by atoms with E-state index in [1.165, 1.54) is 0 Å². The maximum Gasteiger partial charge on any atom is 0.251 e. The number of nitrogens with zero attached hydrogens (tertiary/aromatic N) is 2. The van der Waals surface area contributed by atoms with Crippen LogP contribution in [0.1, 0.15) is 28.4 Å². The minimum absolute atomic E-state index is 0.0827. The number of aryl methyl sites for hydroxylation is 2. The Labute approximate surface area is 112 Å². The average molecular weight is 258 g/mol. The van der Waals surface area contributed by atoms with E-state index >= 15 is 0 Å². The predicted octanol–water partition coefficient (Wildman–Crippen LogP) is 1.49. The third kappa shape index (κ3) is 2.76. The second kappa shape index (κ2) is 5.56. The highest BCUT2D eigenvalue weighted by molar-refractivity contribution is 5.95. The molecule has 0 fully saturated rings. The van der Waals surface area contributed by atoms with Gasteiger partial charge in [-0.05, 0) is 18.1 Å². The zero-order valence-electron chi connectivity index (χ0n) is 11.2. The van der Waals surface area contributed by atoms with Crippen molar-refractivity contribution in [2.24, 2.45) is 7.05 Å². The topological polar surface area (TPSA) is 72.9 Å². The van der Waals surface area contributed by atoms with Gasteiger partial charge in [0.2, 0.25) is 0 Å². The van der Waals surface area contributed by atoms with Crippen LogP contribution in [0.15, 0.2) is 30.5 Å². The fraction of sp³-hybridized carbons (Fsp3) is 0.286. The molecule has 1 aromatic carbocycles. The number of carbonyl (C=O) groups excluding carboxylic acids is 1. The number of nitrogens with two attached hydrogens (primary N) is 1. The number of amides is 1. The van der Waals surface area contributed by atoms with Crippen LogP contribution in [0.4, 0.5) is 5.82 Å². The molecular weight excluding hydrogens is 240 g/mol. The first-order valence-electron chi connectivity index (χ1n) is 6.26. The summed E-state index contributed by atoms with van der Waals surface area (Å²) in [5.41, 5.74) is 8.41. The third-order valence-electron chi connectivity index (χ3n) is 3.15. The minimum Gasteiger partial charge on any atom is -0.384 e. The fourth-order valence-electron chi connectivity index (χ4n) is 1.95. The van der Waals surface area contributed by atoms with Gasteiger partial charge in [-0.25, -0.2) is 0 Å². The molecule has 3 N–H and O–H groups in total. The Balaban J connectivity index is 2.07. The molecule has 100 valence electrons. The van der Waals surface area contributed by atoms with Gasteiger partial charge in [-0.1, -0.05) is 25.1 Å². The number of hydrogen-bond acceptors (Lipinski definition) is 3. The number of rotatable bonds is 4.